The van der Waals surface area contributed by atoms with Gasteiger partial charge in [-0.2, -0.15) is 0 Å². The number of hydrogen-bond acceptors (Lipinski definition) is 6. The Balaban J connectivity index is 2.04. The molecule has 1 heterocycles. The third kappa shape index (κ3) is 5.74. The molecule has 2 amide bonds. The fourth-order valence-electron chi connectivity index (χ4n) is 2.73. The van der Waals surface area contributed by atoms with Crippen molar-refractivity contribution in [2.75, 3.05) is 5.32 Å². The summed E-state index contributed by atoms with van der Waals surface area (Å²) >= 11 is 5.93. The van der Waals surface area contributed by atoms with Crippen LogP contribution in [0.5, 0.6) is 0 Å². The molecule has 1 saturated carbocycles. The lowest BCUT2D eigenvalue weighted by Crippen LogP contribution is -2.49. The van der Waals surface area contributed by atoms with Gasteiger partial charge >= 0.3 is 6.09 Å². The lowest BCUT2D eigenvalue weighted by atomic mass is 9.90. The van der Waals surface area contributed by atoms with Gasteiger partial charge in [0.2, 0.25) is 0 Å². The highest BCUT2D eigenvalue weighted by atomic mass is 35.5. The third-order valence-corrected chi connectivity index (χ3v) is 4.03. The molecule has 0 bridgehead atoms. The molecule has 25 heavy (non-hydrogen) atoms. The maximum Gasteiger partial charge on any atom is 0.407 e. The van der Waals surface area contributed by atoms with Gasteiger partial charge in [-0.3, -0.25) is 4.79 Å². The third-order valence-electron chi connectivity index (χ3n) is 3.76. The van der Waals surface area contributed by atoms with Crippen molar-refractivity contribution in [3.8, 4) is 0 Å². The van der Waals surface area contributed by atoms with E-state index in [4.69, 9.17) is 22.1 Å². The molecular weight excluding hydrogens is 346 g/mol. The van der Waals surface area contributed by atoms with Gasteiger partial charge in [0.05, 0.1) is 12.2 Å². The van der Waals surface area contributed by atoms with Gasteiger partial charge < -0.3 is 21.1 Å². The van der Waals surface area contributed by atoms with Crippen LogP contribution < -0.4 is 16.4 Å². The van der Waals surface area contributed by atoms with E-state index in [0.29, 0.717) is 5.82 Å². The molecule has 8 nitrogen and oxygen atoms in total. The highest BCUT2D eigenvalue weighted by molar-refractivity contribution is 6.32. The average molecular weight is 370 g/mol. The van der Waals surface area contributed by atoms with Crippen LogP contribution in [0.2, 0.25) is 5.15 Å². The van der Waals surface area contributed by atoms with E-state index in [9.17, 15) is 9.59 Å². The van der Waals surface area contributed by atoms with Gasteiger partial charge in [-0.15, -0.1) is 0 Å². The molecule has 9 heteroatoms. The highest BCUT2D eigenvalue weighted by Gasteiger charge is 2.29. The number of hydrogen-bond donors (Lipinski definition) is 3. The zero-order chi connectivity index (χ0) is 18.6. The van der Waals surface area contributed by atoms with Gasteiger partial charge in [-0.05, 0) is 33.6 Å². The van der Waals surface area contributed by atoms with Crippen LogP contribution in [0.3, 0.4) is 0 Å². The molecule has 0 spiro atoms. The first-order valence-corrected chi connectivity index (χ1v) is 8.62. The Labute approximate surface area is 151 Å². The number of amides is 2. The number of anilines is 1. The summed E-state index contributed by atoms with van der Waals surface area (Å²) in [7, 11) is 0. The molecule has 138 valence electrons. The van der Waals surface area contributed by atoms with Crippen LogP contribution in [0.4, 0.5) is 10.6 Å². The second-order valence-corrected chi connectivity index (χ2v) is 7.40. The molecule has 0 radical (unpaired) electrons. The molecule has 0 saturated heterocycles. The summed E-state index contributed by atoms with van der Waals surface area (Å²) in [4.78, 5) is 31.2. The number of rotatable bonds is 4. The first kappa shape index (κ1) is 19.2. The maximum absolute atomic E-state index is 12.0. The number of nitrogens with two attached hydrogens (primary N) is 1. The van der Waals surface area contributed by atoms with Crippen LogP contribution in [-0.4, -0.2) is 39.7 Å². The molecule has 1 aliphatic carbocycles. The maximum atomic E-state index is 12.0. The topological polar surface area (TPSA) is 119 Å². The summed E-state index contributed by atoms with van der Waals surface area (Å²) in [5.74, 6) is -0.302. The van der Waals surface area contributed by atoms with Crippen LogP contribution in [0.1, 0.15) is 56.9 Å². The van der Waals surface area contributed by atoms with Gasteiger partial charge in [-0.25, -0.2) is 14.8 Å². The van der Waals surface area contributed by atoms with E-state index in [1.54, 1.807) is 0 Å². The Bertz CT molecular complexity index is 647. The predicted molar refractivity (Wildman–Crippen MR) is 94.6 cm³/mol. The Morgan fingerprint density at radius 1 is 1.28 bits per heavy atom. The molecule has 1 aromatic rings. The molecule has 1 fully saturated rings. The minimum atomic E-state index is -0.730. The normalized spacial score (nSPS) is 20.6. The van der Waals surface area contributed by atoms with Crippen LogP contribution in [0.15, 0.2) is 6.20 Å². The van der Waals surface area contributed by atoms with Crippen molar-refractivity contribution < 1.29 is 14.3 Å². The van der Waals surface area contributed by atoms with E-state index in [-0.39, 0.29) is 22.9 Å². The molecule has 0 aromatic carbocycles. The number of alkyl carbamates (subject to hydrolysis) is 1. The largest absolute Gasteiger partial charge is 0.444 e. The summed E-state index contributed by atoms with van der Waals surface area (Å²) in [5, 5.41) is 6.09. The average Bonchev–Trinajstić information content (AvgIpc) is 2.47. The number of ether oxygens (including phenoxy) is 1. The van der Waals surface area contributed by atoms with E-state index in [1.165, 1.54) is 6.20 Å². The van der Waals surface area contributed by atoms with Crippen molar-refractivity contribution in [2.24, 2.45) is 5.73 Å². The van der Waals surface area contributed by atoms with Gasteiger partial charge in [0.15, 0.2) is 10.8 Å². The lowest BCUT2D eigenvalue weighted by Gasteiger charge is -2.33. The Kier molecular flexibility index (Phi) is 6.05. The molecule has 1 aliphatic rings. The smallest absolute Gasteiger partial charge is 0.407 e. The molecule has 1 aromatic heterocycles. The van der Waals surface area contributed by atoms with Crippen molar-refractivity contribution in [3.63, 3.8) is 0 Å². The van der Waals surface area contributed by atoms with E-state index in [1.807, 2.05) is 20.8 Å². The minimum Gasteiger partial charge on any atom is -0.444 e. The van der Waals surface area contributed by atoms with Crippen molar-refractivity contribution in [3.05, 3.63) is 17.0 Å². The monoisotopic (exact) mass is 369 g/mol. The van der Waals surface area contributed by atoms with Gasteiger partial charge in [0, 0.05) is 6.04 Å². The Morgan fingerprint density at radius 3 is 2.48 bits per heavy atom. The molecule has 2 atom stereocenters. The number of primary amides is 1. The van der Waals surface area contributed by atoms with Crippen LogP contribution in [0.25, 0.3) is 0 Å². The van der Waals surface area contributed by atoms with E-state index >= 15 is 0 Å². The van der Waals surface area contributed by atoms with Gasteiger partial charge in [-0.1, -0.05) is 24.4 Å². The summed E-state index contributed by atoms with van der Waals surface area (Å²) in [6.07, 6.45) is 4.70. The van der Waals surface area contributed by atoms with Crippen molar-refractivity contribution in [2.45, 2.75) is 64.1 Å². The summed E-state index contributed by atoms with van der Waals surface area (Å²) in [6.45, 7) is 5.46. The highest BCUT2D eigenvalue weighted by Crippen LogP contribution is 2.23. The number of carbonyl (C=O) groups is 2. The first-order chi connectivity index (χ1) is 11.7. The SMILES string of the molecule is CC(C)(C)OC(=O)N[C@H]1CCCC[C@H]1Nc1cnc(C(N)=O)c(Cl)n1. The van der Waals surface area contributed by atoms with Crippen LogP contribution in [0, 0.1) is 0 Å². The summed E-state index contributed by atoms with van der Waals surface area (Å²) < 4.78 is 5.32. The number of carbonyl (C=O) groups excluding carboxylic acids is 2. The minimum absolute atomic E-state index is 0.0361. The van der Waals surface area contributed by atoms with Crippen LogP contribution in [-0.2, 0) is 4.74 Å². The molecule has 4 N–H and O–H groups in total. The zero-order valence-corrected chi connectivity index (χ0v) is 15.4. The zero-order valence-electron chi connectivity index (χ0n) is 14.6. The van der Waals surface area contributed by atoms with E-state index in [0.717, 1.165) is 25.7 Å². The number of nitrogens with one attached hydrogen (secondary N) is 2. The van der Waals surface area contributed by atoms with E-state index < -0.39 is 17.6 Å². The van der Waals surface area contributed by atoms with Gasteiger partial charge in [0.1, 0.15) is 11.4 Å². The quantitative estimate of drug-likeness (QED) is 0.750. The second kappa shape index (κ2) is 7.86. The van der Waals surface area contributed by atoms with E-state index in [2.05, 4.69) is 20.6 Å². The number of nitrogens with zero attached hydrogens (tertiary/aromatic N) is 2. The number of halogens is 1. The fourth-order valence-corrected chi connectivity index (χ4v) is 2.96. The summed E-state index contributed by atoms with van der Waals surface area (Å²) in [6, 6.07) is -0.133. The molecule has 2 rings (SSSR count). The van der Waals surface area contributed by atoms with Crippen LogP contribution >= 0.6 is 11.6 Å². The standard InChI is InChI=1S/C16H24ClN5O3/c1-16(2,3)25-15(24)21-10-7-5-4-6-9(10)20-11-8-19-12(14(18)23)13(17)22-11/h8-10H,4-7H2,1-3H3,(H2,18,23)(H,20,22)(H,21,24)/t9-,10+/m1/s1. The fraction of sp³-hybridized carbons (Fsp3) is 0.625. The lowest BCUT2D eigenvalue weighted by molar-refractivity contribution is 0.0488. The van der Waals surface area contributed by atoms with Gasteiger partial charge in [0.25, 0.3) is 5.91 Å². The second-order valence-electron chi connectivity index (χ2n) is 7.05. The molecule has 0 aliphatic heterocycles. The molecule has 0 unspecified atom stereocenters. The first-order valence-electron chi connectivity index (χ1n) is 8.24. The van der Waals surface area contributed by atoms with Crippen molar-refractivity contribution in [1.29, 1.82) is 0 Å². The Morgan fingerprint density at radius 2 is 1.92 bits per heavy atom. The van der Waals surface area contributed by atoms with Crippen molar-refractivity contribution >= 4 is 29.4 Å². The predicted octanol–water partition coefficient (Wildman–Crippen LogP) is 2.48. The Hall–Kier alpha value is -2.09. The van der Waals surface area contributed by atoms with Crippen molar-refractivity contribution in [1.82, 2.24) is 15.3 Å². The summed E-state index contributed by atoms with van der Waals surface area (Å²) in [5.41, 5.74) is 4.55. The number of aromatic nitrogens is 2. The molecular formula is C16H24ClN5O3.